The molecule has 0 fully saturated rings. The SMILES string of the molecule is O=C(C=Cc1ccc(N2C=C(O)NS2(=O)=O)c(OCc2ccccc2)c1)c1ccccc1. The minimum atomic E-state index is -3.98. The number of rotatable bonds is 7. The van der Waals surface area contributed by atoms with E-state index in [2.05, 4.69) is 0 Å². The molecule has 162 valence electrons. The second-order valence-corrected chi connectivity index (χ2v) is 8.53. The van der Waals surface area contributed by atoms with Crippen molar-refractivity contribution in [3.63, 3.8) is 0 Å². The Morgan fingerprint density at radius 3 is 2.34 bits per heavy atom. The average molecular weight is 449 g/mol. The van der Waals surface area contributed by atoms with E-state index in [1.807, 2.05) is 41.1 Å². The molecule has 0 unspecified atom stereocenters. The number of carbonyl (C=O) groups excluding carboxylic acids is 1. The molecule has 1 aliphatic heterocycles. The van der Waals surface area contributed by atoms with Crippen LogP contribution in [-0.2, 0) is 16.8 Å². The highest BCUT2D eigenvalue weighted by molar-refractivity contribution is 7.91. The van der Waals surface area contributed by atoms with Crippen LogP contribution in [0.5, 0.6) is 5.75 Å². The molecule has 0 bridgehead atoms. The maximum absolute atomic E-state index is 12.4. The number of anilines is 1. The number of benzene rings is 3. The van der Waals surface area contributed by atoms with Crippen molar-refractivity contribution in [2.24, 2.45) is 0 Å². The monoisotopic (exact) mass is 448 g/mol. The van der Waals surface area contributed by atoms with Gasteiger partial charge in [-0.1, -0.05) is 72.8 Å². The van der Waals surface area contributed by atoms with Gasteiger partial charge in [0, 0.05) is 5.56 Å². The van der Waals surface area contributed by atoms with Gasteiger partial charge in [0.25, 0.3) is 0 Å². The summed E-state index contributed by atoms with van der Waals surface area (Å²) in [5.41, 5.74) is 2.35. The molecule has 0 saturated heterocycles. The Hall–Kier alpha value is -4.04. The van der Waals surface area contributed by atoms with Crippen LogP contribution >= 0.6 is 0 Å². The number of carbonyl (C=O) groups is 1. The summed E-state index contributed by atoms with van der Waals surface area (Å²) in [5.74, 6) is -0.364. The molecule has 32 heavy (non-hydrogen) atoms. The topological polar surface area (TPSA) is 95.9 Å². The predicted octanol–water partition coefficient (Wildman–Crippen LogP) is 4.17. The van der Waals surface area contributed by atoms with Gasteiger partial charge in [0.2, 0.25) is 5.88 Å². The van der Waals surface area contributed by atoms with Gasteiger partial charge in [-0.25, -0.2) is 9.03 Å². The first-order valence-corrected chi connectivity index (χ1v) is 11.2. The highest BCUT2D eigenvalue weighted by Crippen LogP contribution is 2.34. The van der Waals surface area contributed by atoms with Crippen LogP contribution in [0.25, 0.3) is 6.08 Å². The lowest BCUT2D eigenvalue weighted by Gasteiger charge is -2.19. The van der Waals surface area contributed by atoms with Crippen LogP contribution in [0.2, 0.25) is 0 Å². The molecule has 1 heterocycles. The van der Waals surface area contributed by atoms with Crippen LogP contribution in [0.15, 0.2) is 97.0 Å². The van der Waals surface area contributed by atoms with E-state index in [9.17, 15) is 18.3 Å². The summed E-state index contributed by atoms with van der Waals surface area (Å²) in [7, 11) is -3.98. The number of nitrogens with zero attached hydrogens (tertiary/aromatic N) is 1. The number of hydrogen-bond acceptors (Lipinski definition) is 5. The van der Waals surface area contributed by atoms with E-state index in [0.717, 1.165) is 16.1 Å². The Kier molecular flexibility index (Phi) is 5.96. The van der Waals surface area contributed by atoms with E-state index in [-0.39, 0.29) is 23.8 Å². The molecule has 0 atom stereocenters. The van der Waals surface area contributed by atoms with Gasteiger partial charge in [0.05, 0.1) is 6.20 Å². The van der Waals surface area contributed by atoms with Gasteiger partial charge in [-0.2, -0.15) is 8.42 Å². The van der Waals surface area contributed by atoms with E-state index < -0.39 is 16.1 Å². The van der Waals surface area contributed by atoms with Crippen LogP contribution in [0.3, 0.4) is 0 Å². The summed E-state index contributed by atoms with van der Waals surface area (Å²) < 4.78 is 33.5. The van der Waals surface area contributed by atoms with Crippen molar-refractivity contribution >= 4 is 27.8 Å². The molecule has 7 nitrogen and oxygen atoms in total. The van der Waals surface area contributed by atoms with Gasteiger partial charge in [0.15, 0.2) is 5.78 Å². The third-order valence-electron chi connectivity index (χ3n) is 4.68. The lowest BCUT2D eigenvalue weighted by Crippen LogP contribution is -2.29. The third kappa shape index (κ3) is 4.81. The molecule has 0 amide bonds. The summed E-state index contributed by atoms with van der Waals surface area (Å²) in [6.45, 7) is 0.209. The fourth-order valence-electron chi connectivity index (χ4n) is 3.13. The lowest BCUT2D eigenvalue weighted by molar-refractivity contribution is 0.104. The number of ketones is 1. The van der Waals surface area contributed by atoms with Gasteiger partial charge in [-0.05, 0) is 29.3 Å². The quantitative estimate of drug-likeness (QED) is 0.418. The third-order valence-corrected chi connectivity index (χ3v) is 5.96. The van der Waals surface area contributed by atoms with Gasteiger partial charge in [-0.15, -0.1) is 0 Å². The molecule has 3 aromatic rings. The van der Waals surface area contributed by atoms with Gasteiger partial charge in [-0.3, -0.25) is 4.79 Å². The summed E-state index contributed by atoms with van der Waals surface area (Å²) in [4.78, 5) is 12.4. The van der Waals surface area contributed by atoms with Crippen LogP contribution in [-0.4, -0.2) is 19.3 Å². The zero-order valence-corrected chi connectivity index (χ0v) is 17.7. The van der Waals surface area contributed by atoms with Crippen molar-refractivity contribution in [1.29, 1.82) is 0 Å². The second-order valence-electron chi connectivity index (χ2n) is 6.98. The first kappa shape index (κ1) is 21.2. The lowest BCUT2D eigenvalue weighted by atomic mass is 10.1. The van der Waals surface area contributed by atoms with Crippen LogP contribution in [0.1, 0.15) is 21.5 Å². The Labute approximate surface area is 186 Å². The maximum Gasteiger partial charge on any atom is 0.330 e. The normalized spacial score (nSPS) is 14.8. The maximum atomic E-state index is 12.4. The first-order valence-electron chi connectivity index (χ1n) is 9.73. The summed E-state index contributed by atoms with van der Waals surface area (Å²) >= 11 is 0. The molecule has 0 radical (unpaired) electrons. The fourth-order valence-corrected chi connectivity index (χ4v) is 4.19. The van der Waals surface area contributed by atoms with Crippen molar-refractivity contribution in [2.75, 3.05) is 4.31 Å². The highest BCUT2D eigenvalue weighted by Gasteiger charge is 2.31. The smallest absolute Gasteiger partial charge is 0.330 e. The van der Waals surface area contributed by atoms with Crippen molar-refractivity contribution in [2.45, 2.75) is 6.61 Å². The molecular formula is C24H20N2O5S. The molecular weight excluding hydrogens is 428 g/mol. The molecule has 1 aliphatic rings. The molecule has 8 heteroatoms. The van der Waals surface area contributed by atoms with Crippen molar-refractivity contribution in [3.8, 4) is 5.75 Å². The van der Waals surface area contributed by atoms with Crippen molar-refractivity contribution in [3.05, 3.63) is 114 Å². The average Bonchev–Trinajstić information content (AvgIpc) is 3.09. The van der Waals surface area contributed by atoms with Gasteiger partial charge >= 0.3 is 10.2 Å². The Morgan fingerprint density at radius 1 is 1.00 bits per heavy atom. The Bertz CT molecular complexity index is 1290. The first-order chi connectivity index (χ1) is 15.4. The van der Waals surface area contributed by atoms with Crippen molar-refractivity contribution < 1.29 is 23.1 Å². The molecule has 3 aromatic carbocycles. The molecule has 0 aliphatic carbocycles. The summed E-state index contributed by atoms with van der Waals surface area (Å²) in [5, 5.41) is 9.64. The number of allylic oxidation sites excluding steroid dienone is 1. The van der Waals surface area contributed by atoms with E-state index in [4.69, 9.17) is 4.74 Å². The zero-order chi connectivity index (χ0) is 22.6. The Balaban J connectivity index is 1.65. The number of aliphatic hydroxyl groups is 1. The number of aliphatic hydroxyl groups excluding tert-OH is 1. The van der Waals surface area contributed by atoms with E-state index in [1.54, 1.807) is 48.5 Å². The number of ether oxygens (including phenoxy) is 1. The number of nitrogens with one attached hydrogen (secondary N) is 1. The molecule has 4 rings (SSSR count). The van der Waals surface area contributed by atoms with E-state index in [1.165, 1.54) is 6.08 Å². The van der Waals surface area contributed by atoms with E-state index >= 15 is 0 Å². The van der Waals surface area contributed by atoms with Crippen LogP contribution in [0, 0.1) is 0 Å². The highest BCUT2D eigenvalue weighted by atomic mass is 32.2. The van der Waals surface area contributed by atoms with Gasteiger partial charge < -0.3 is 9.84 Å². The number of hydrogen-bond donors (Lipinski definition) is 2. The summed E-state index contributed by atoms with van der Waals surface area (Å²) in [6, 6.07) is 23.2. The molecule has 2 N–H and O–H groups in total. The Morgan fingerprint density at radius 2 is 1.69 bits per heavy atom. The molecule has 0 saturated carbocycles. The zero-order valence-electron chi connectivity index (χ0n) is 16.9. The van der Waals surface area contributed by atoms with Crippen LogP contribution < -0.4 is 13.8 Å². The summed E-state index contributed by atoms with van der Waals surface area (Å²) in [6.07, 6.45) is 4.15. The minimum absolute atomic E-state index is 0.152. The molecule has 0 spiro atoms. The second kappa shape index (κ2) is 8.99. The standard InChI is InChI=1S/C24H20N2O5S/c27-22(20-9-5-2-6-10-20)14-12-18-11-13-21(26-16-24(28)25-32(26,29)30)23(15-18)31-17-19-7-3-1-4-8-19/h1-16,25,28H,17H2. The molecule has 0 aromatic heterocycles. The minimum Gasteiger partial charge on any atom is -0.493 e. The van der Waals surface area contributed by atoms with Crippen molar-refractivity contribution in [1.82, 2.24) is 4.72 Å². The predicted molar refractivity (Wildman–Crippen MR) is 122 cm³/mol. The fraction of sp³-hybridized carbons (Fsp3) is 0.0417. The largest absolute Gasteiger partial charge is 0.493 e. The van der Waals surface area contributed by atoms with E-state index in [0.29, 0.717) is 11.1 Å². The van der Waals surface area contributed by atoms with Crippen LogP contribution in [0.4, 0.5) is 5.69 Å². The van der Waals surface area contributed by atoms with Gasteiger partial charge in [0.1, 0.15) is 18.0 Å².